The summed E-state index contributed by atoms with van der Waals surface area (Å²) in [5, 5.41) is 15.5. The van der Waals surface area contributed by atoms with E-state index in [9.17, 15) is 5.11 Å². The Bertz CT molecular complexity index is 750. The Hall–Kier alpha value is -2.26. The van der Waals surface area contributed by atoms with Crippen LogP contribution in [-0.4, -0.2) is 14.9 Å². The van der Waals surface area contributed by atoms with E-state index >= 15 is 0 Å². The Morgan fingerprint density at radius 3 is 2.35 bits per heavy atom. The Morgan fingerprint density at radius 1 is 1.00 bits per heavy atom. The summed E-state index contributed by atoms with van der Waals surface area (Å²) in [7, 11) is 1.80. The standard InChI is InChI=1S/C16H13ClN2O/c1-19-15(12-9-5-6-10-13(12)17)16(20)14(18-19)11-7-3-2-4-8-11/h2-10,20H,1H3. The van der Waals surface area contributed by atoms with Crippen molar-refractivity contribution in [3.8, 4) is 28.3 Å². The van der Waals surface area contributed by atoms with E-state index in [0.29, 0.717) is 16.4 Å². The maximum atomic E-state index is 10.5. The molecule has 0 saturated carbocycles. The van der Waals surface area contributed by atoms with Gasteiger partial charge in [0.15, 0.2) is 5.75 Å². The van der Waals surface area contributed by atoms with Gasteiger partial charge in [0, 0.05) is 18.2 Å². The second-order valence-electron chi connectivity index (χ2n) is 4.52. The molecule has 0 atom stereocenters. The predicted molar refractivity (Wildman–Crippen MR) is 80.8 cm³/mol. The summed E-state index contributed by atoms with van der Waals surface area (Å²) in [6.07, 6.45) is 0. The number of halogens is 1. The first-order chi connectivity index (χ1) is 9.68. The van der Waals surface area contributed by atoms with Gasteiger partial charge >= 0.3 is 0 Å². The highest BCUT2D eigenvalue weighted by Gasteiger charge is 2.19. The number of benzene rings is 2. The molecule has 0 bridgehead atoms. The van der Waals surface area contributed by atoms with Crippen LogP contribution in [0.4, 0.5) is 0 Å². The van der Waals surface area contributed by atoms with E-state index in [4.69, 9.17) is 11.6 Å². The van der Waals surface area contributed by atoms with E-state index in [1.807, 2.05) is 48.5 Å². The zero-order chi connectivity index (χ0) is 14.1. The van der Waals surface area contributed by atoms with E-state index in [1.54, 1.807) is 17.8 Å². The van der Waals surface area contributed by atoms with E-state index < -0.39 is 0 Å². The largest absolute Gasteiger partial charge is 0.504 e. The van der Waals surface area contributed by atoms with E-state index in [1.165, 1.54) is 0 Å². The predicted octanol–water partition coefficient (Wildman–Crippen LogP) is 4.11. The molecular formula is C16H13ClN2O. The summed E-state index contributed by atoms with van der Waals surface area (Å²) in [5.41, 5.74) is 2.82. The average molecular weight is 285 g/mol. The third-order valence-corrected chi connectivity index (χ3v) is 3.53. The van der Waals surface area contributed by atoms with Crippen LogP contribution in [0.2, 0.25) is 5.02 Å². The first-order valence-corrected chi connectivity index (χ1v) is 6.62. The number of aryl methyl sites for hydroxylation is 1. The monoisotopic (exact) mass is 284 g/mol. The molecule has 1 N–H and O–H groups in total. The topological polar surface area (TPSA) is 38.0 Å². The number of rotatable bonds is 2. The van der Waals surface area contributed by atoms with Gasteiger partial charge in [0.2, 0.25) is 0 Å². The minimum absolute atomic E-state index is 0.145. The van der Waals surface area contributed by atoms with Crippen LogP contribution in [0.3, 0.4) is 0 Å². The average Bonchev–Trinajstić information content (AvgIpc) is 2.76. The van der Waals surface area contributed by atoms with Crippen molar-refractivity contribution in [2.75, 3.05) is 0 Å². The summed E-state index contributed by atoms with van der Waals surface area (Å²) in [5.74, 6) is 0.145. The highest BCUT2D eigenvalue weighted by Crippen LogP contribution is 2.39. The molecule has 0 saturated heterocycles. The molecule has 0 unspecified atom stereocenters. The van der Waals surface area contributed by atoms with Crippen molar-refractivity contribution < 1.29 is 5.11 Å². The summed E-state index contributed by atoms with van der Waals surface area (Å²) in [4.78, 5) is 0. The smallest absolute Gasteiger partial charge is 0.169 e. The quantitative estimate of drug-likeness (QED) is 0.769. The summed E-state index contributed by atoms with van der Waals surface area (Å²) >= 11 is 6.21. The van der Waals surface area contributed by atoms with E-state index in [0.717, 1.165) is 11.1 Å². The SMILES string of the molecule is Cn1nc(-c2ccccc2)c(O)c1-c1ccccc1Cl. The van der Waals surface area contributed by atoms with Gasteiger partial charge in [-0.3, -0.25) is 4.68 Å². The van der Waals surface area contributed by atoms with Crippen LogP contribution >= 0.6 is 11.6 Å². The molecule has 0 amide bonds. The Balaban J connectivity index is 2.20. The van der Waals surface area contributed by atoms with Gasteiger partial charge < -0.3 is 5.11 Å². The fourth-order valence-electron chi connectivity index (χ4n) is 2.26. The third-order valence-electron chi connectivity index (χ3n) is 3.20. The number of aromatic nitrogens is 2. The number of hydrogen-bond donors (Lipinski definition) is 1. The first-order valence-electron chi connectivity index (χ1n) is 6.25. The summed E-state index contributed by atoms with van der Waals surface area (Å²) in [6, 6.07) is 17.0. The van der Waals surface area contributed by atoms with Crippen molar-refractivity contribution in [3.05, 3.63) is 59.6 Å². The van der Waals surface area contributed by atoms with Crippen LogP contribution in [-0.2, 0) is 7.05 Å². The lowest BCUT2D eigenvalue weighted by molar-refractivity contribution is 0.478. The van der Waals surface area contributed by atoms with Gasteiger partial charge in [0.25, 0.3) is 0 Å². The summed E-state index contributed by atoms with van der Waals surface area (Å²) < 4.78 is 1.65. The molecule has 0 aliphatic carbocycles. The second kappa shape index (κ2) is 5.02. The van der Waals surface area contributed by atoms with Crippen LogP contribution in [0.1, 0.15) is 0 Å². The molecule has 3 aromatic rings. The van der Waals surface area contributed by atoms with Crippen molar-refractivity contribution in [1.29, 1.82) is 0 Å². The van der Waals surface area contributed by atoms with Crippen molar-refractivity contribution in [2.24, 2.45) is 7.05 Å². The van der Waals surface area contributed by atoms with Gasteiger partial charge in [0.1, 0.15) is 11.4 Å². The highest BCUT2D eigenvalue weighted by molar-refractivity contribution is 6.33. The number of aromatic hydroxyl groups is 1. The lowest BCUT2D eigenvalue weighted by Gasteiger charge is -2.04. The molecular weight excluding hydrogens is 272 g/mol. The lowest BCUT2D eigenvalue weighted by Crippen LogP contribution is -1.94. The second-order valence-corrected chi connectivity index (χ2v) is 4.92. The van der Waals surface area contributed by atoms with Crippen molar-refractivity contribution in [2.45, 2.75) is 0 Å². The maximum absolute atomic E-state index is 10.5. The van der Waals surface area contributed by atoms with Crippen LogP contribution in [0.15, 0.2) is 54.6 Å². The Labute approximate surface area is 122 Å². The molecule has 100 valence electrons. The van der Waals surface area contributed by atoms with Crippen LogP contribution in [0.25, 0.3) is 22.5 Å². The molecule has 20 heavy (non-hydrogen) atoms. The molecule has 3 nitrogen and oxygen atoms in total. The summed E-state index contributed by atoms with van der Waals surface area (Å²) in [6.45, 7) is 0. The van der Waals surface area contributed by atoms with Crippen LogP contribution in [0.5, 0.6) is 5.75 Å². The van der Waals surface area contributed by atoms with E-state index in [2.05, 4.69) is 5.10 Å². The molecule has 0 radical (unpaired) electrons. The minimum atomic E-state index is 0.145. The van der Waals surface area contributed by atoms with Crippen molar-refractivity contribution in [1.82, 2.24) is 9.78 Å². The number of nitrogens with zero attached hydrogens (tertiary/aromatic N) is 2. The molecule has 0 spiro atoms. The fraction of sp³-hybridized carbons (Fsp3) is 0.0625. The molecule has 0 aliphatic rings. The van der Waals surface area contributed by atoms with Crippen LogP contribution < -0.4 is 0 Å². The first kappa shape index (κ1) is 12.8. The Kier molecular flexibility index (Phi) is 3.20. The zero-order valence-electron chi connectivity index (χ0n) is 10.9. The molecule has 1 aromatic heterocycles. The molecule has 2 aromatic carbocycles. The number of hydrogen-bond acceptors (Lipinski definition) is 2. The van der Waals surface area contributed by atoms with Gasteiger partial charge in [0.05, 0.1) is 5.02 Å². The molecule has 4 heteroatoms. The normalized spacial score (nSPS) is 10.7. The van der Waals surface area contributed by atoms with Crippen molar-refractivity contribution in [3.63, 3.8) is 0 Å². The highest BCUT2D eigenvalue weighted by atomic mass is 35.5. The zero-order valence-corrected chi connectivity index (χ0v) is 11.7. The fourth-order valence-corrected chi connectivity index (χ4v) is 2.48. The maximum Gasteiger partial charge on any atom is 0.169 e. The van der Waals surface area contributed by atoms with Gasteiger partial charge in [-0.2, -0.15) is 5.10 Å². The van der Waals surface area contributed by atoms with Gasteiger partial charge in [-0.25, -0.2) is 0 Å². The molecule has 1 heterocycles. The Morgan fingerprint density at radius 2 is 1.65 bits per heavy atom. The molecule has 0 aliphatic heterocycles. The minimum Gasteiger partial charge on any atom is -0.504 e. The van der Waals surface area contributed by atoms with Gasteiger partial charge in [-0.05, 0) is 6.07 Å². The van der Waals surface area contributed by atoms with Crippen molar-refractivity contribution >= 4 is 11.6 Å². The third kappa shape index (κ3) is 2.06. The van der Waals surface area contributed by atoms with Gasteiger partial charge in [-0.1, -0.05) is 60.1 Å². The van der Waals surface area contributed by atoms with Gasteiger partial charge in [-0.15, -0.1) is 0 Å². The molecule has 3 rings (SSSR count). The van der Waals surface area contributed by atoms with Crippen LogP contribution in [0, 0.1) is 0 Å². The molecule has 0 fully saturated rings. The lowest BCUT2D eigenvalue weighted by atomic mass is 10.1. The van der Waals surface area contributed by atoms with E-state index in [-0.39, 0.29) is 5.75 Å².